The topological polar surface area (TPSA) is 62.6 Å². The Balaban J connectivity index is 1.81. The van der Waals surface area contributed by atoms with Crippen LogP contribution in [0, 0.1) is 23.4 Å². The monoisotopic (exact) mass is 372 g/mol. The van der Waals surface area contributed by atoms with Crippen LogP contribution >= 0.6 is 0 Å². The van der Waals surface area contributed by atoms with Crippen molar-refractivity contribution >= 4 is 17.5 Å². The van der Waals surface area contributed by atoms with Gasteiger partial charge >= 0.3 is 0 Å². The Morgan fingerprint density at radius 1 is 1.08 bits per heavy atom. The van der Waals surface area contributed by atoms with E-state index in [0.29, 0.717) is 10.8 Å². The summed E-state index contributed by atoms with van der Waals surface area (Å²) in [6.07, 6.45) is 4.33. The molecule has 5 nitrogen and oxygen atoms in total. The summed E-state index contributed by atoms with van der Waals surface area (Å²) in [4.78, 5) is 24.7. The molecule has 1 aromatic carbocycles. The maximum atomic E-state index is 13.6. The molecular formula is C18H25F3N3O2+. The van der Waals surface area contributed by atoms with Gasteiger partial charge in [0.05, 0.1) is 12.7 Å². The first kappa shape index (κ1) is 20.2. The molecule has 1 aliphatic rings. The average molecular weight is 372 g/mol. The quantitative estimate of drug-likeness (QED) is 0.659. The Morgan fingerprint density at radius 2 is 1.73 bits per heavy atom. The summed E-state index contributed by atoms with van der Waals surface area (Å²) in [6.45, 7) is 2.10. The van der Waals surface area contributed by atoms with Crippen LogP contribution < -0.4 is 15.5 Å². The van der Waals surface area contributed by atoms with Gasteiger partial charge in [-0.3, -0.25) is 9.59 Å². The van der Waals surface area contributed by atoms with Crippen LogP contribution in [0.2, 0.25) is 0 Å². The van der Waals surface area contributed by atoms with Crippen molar-refractivity contribution in [1.29, 1.82) is 0 Å². The highest BCUT2D eigenvalue weighted by molar-refractivity contribution is 5.91. The molecule has 2 amide bonds. The van der Waals surface area contributed by atoms with Gasteiger partial charge < -0.3 is 15.5 Å². The van der Waals surface area contributed by atoms with Crippen molar-refractivity contribution in [2.24, 2.45) is 5.92 Å². The van der Waals surface area contributed by atoms with Crippen LogP contribution in [-0.2, 0) is 9.59 Å². The highest BCUT2D eigenvalue weighted by atomic mass is 19.2. The van der Waals surface area contributed by atoms with Gasteiger partial charge in [0.1, 0.15) is 0 Å². The fourth-order valence-electron chi connectivity index (χ4n) is 3.22. The van der Waals surface area contributed by atoms with Crippen molar-refractivity contribution in [2.75, 3.05) is 25.5 Å². The number of nitrogens with one attached hydrogen (secondary N) is 3. The number of halogens is 3. The van der Waals surface area contributed by atoms with Gasteiger partial charge in [-0.2, -0.15) is 0 Å². The molecule has 26 heavy (non-hydrogen) atoms. The van der Waals surface area contributed by atoms with E-state index in [2.05, 4.69) is 17.6 Å². The number of rotatable bonds is 6. The molecule has 0 saturated heterocycles. The number of hydrogen-bond donors (Lipinski definition) is 3. The summed E-state index contributed by atoms with van der Waals surface area (Å²) in [5, 5.41) is 5.20. The second kappa shape index (κ2) is 9.02. The fourth-order valence-corrected chi connectivity index (χ4v) is 3.22. The largest absolute Gasteiger partial charge is 0.348 e. The lowest BCUT2D eigenvalue weighted by molar-refractivity contribution is -0.862. The van der Waals surface area contributed by atoms with Gasteiger partial charge in [0.25, 0.3) is 11.8 Å². The minimum Gasteiger partial charge on any atom is -0.348 e. The minimum atomic E-state index is -1.63. The molecule has 3 atom stereocenters. The second-order valence-corrected chi connectivity index (χ2v) is 7.02. The van der Waals surface area contributed by atoms with E-state index in [1.807, 2.05) is 0 Å². The molecule has 0 heterocycles. The van der Waals surface area contributed by atoms with Crippen LogP contribution in [0.5, 0.6) is 0 Å². The van der Waals surface area contributed by atoms with Gasteiger partial charge in [-0.1, -0.05) is 19.8 Å². The molecule has 3 N–H and O–H groups in total. The average Bonchev–Trinajstić information content (AvgIpc) is 2.57. The molecule has 0 radical (unpaired) electrons. The van der Waals surface area contributed by atoms with Crippen molar-refractivity contribution in [3.05, 3.63) is 29.6 Å². The molecule has 1 unspecified atom stereocenters. The fraction of sp³-hybridized carbons (Fsp3) is 0.556. The molecule has 1 saturated carbocycles. The van der Waals surface area contributed by atoms with Gasteiger partial charge in [0.15, 0.2) is 30.5 Å². The maximum absolute atomic E-state index is 13.6. The summed E-state index contributed by atoms with van der Waals surface area (Å²) >= 11 is 0. The van der Waals surface area contributed by atoms with Gasteiger partial charge in [-0.25, -0.2) is 13.2 Å². The standard InChI is InChI=1S/C18H24F3N3O2/c1-11-5-3-4-6-13(11)22-15(25)9-24(2)10-16(26)23-14-8-7-12(19)17(20)18(14)21/h7-8,11,13H,3-6,9-10H2,1-2H3,(H,22,25)(H,23,26)/p+1/t11-,13-/m0/s1. The van der Waals surface area contributed by atoms with Gasteiger partial charge in [0.2, 0.25) is 0 Å². The van der Waals surface area contributed by atoms with E-state index in [-0.39, 0.29) is 25.0 Å². The van der Waals surface area contributed by atoms with Crippen LogP contribution in [0.3, 0.4) is 0 Å². The number of carbonyl (C=O) groups is 2. The predicted octanol–water partition coefficient (Wildman–Crippen LogP) is 1.25. The molecule has 0 aromatic heterocycles. The SMILES string of the molecule is C[C@H]1CCCC[C@@H]1NC(=O)C[NH+](C)CC(=O)Nc1ccc(F)c(F)c1F. The predicted molar refractivity (Wildman–Crippen MR) is 91.1 cm³/mol. The zero-order valence-corrected chi connectivity index (χ0v) is 15.0. The van der Waals surface area contributed by atoms with E-state index in [9.17, 15) is 22.8 Å². The summed E-state index contributed by atoms with van der Waals surface area (Å²) in [6, 6.07) is 1.86. The highest BCUT2D eigenvalue weighted by Crippen LogP contribution is 2.23. The summed E-state index contributed by atoms with van der Waals surface area (Å²) < 4.78 is 39.6. The normalized spacial score (nSPS) is 21.1. The lowest BCUT2D eigenvalue weighted by Crippen LogP contribution is -3.11. The number of amides is 2. The number of benzene rings is 1. The number of likely N-dealkylation sites (N-methyl/N-ethyl adjacent to an activating group) is 1. The Morgan fingerprint density at radius 3 is 2.42 bits per heavy atom. The smallest absolute Gasteiger partial charge is 0.279 e. The lowest BCUT2D eigenvalue weighted by Gasteiger charge is -2.29. The van der Waals surface area contributed by atoms with Crippen molar-refractivity contribution in [1.82, 2.24) is 5.32 Å². The van der Waals surface area contributed by atoms with E-state index >= 15 is 0 Å². The number of quaternary nitrogens is 1. The number of anilines is 1. The van der Waals surface area contributed by atoms with Crippen LogP contribution in [-0.4, -0.2) is 38.0 Å². The van der Waals surface area contributed by atoms with E-state index in [1.165, 1.54) is 6.42 Å². The van der Waals surface area contributed by atoms with Crippen molar-refractivity contribution in [3.63, 3.8) is 0 Å². The molecule has 1 fully saturated rings. The maximum Gasteiger partial charge on any atom is 0.279 e. The molecule has 1 aliphatic carbocycles. The van der Waals surface area contributed by atoms with E-state index in [1.54, 1.807) is 7.05 Å². The number of hydrogen-bond acceptors (Lipinski definition) is 2. The molecule has 2 rings (SSSR count). The van der Waals surface area contributed by atoms with E-state index in [0.717, 1.165) is 31.4 Å². The Labute approximate surface area is 150 Å². The third-order valence-corrected chi connectivity index (χ3v) is 4.69. The molecule has 0 aliphatic heterocycles. The molecule has 144 valence electrons. The molecule has 0 spiro atoms. The third kappa shape index (κ3) is 5.45. The molecule has 8 heteroatoms. The zero-order chi connectivity index (χ0) is 19.3. The molecule has 1 aromatic rings. The summed E-state index contributed by atoms with van der Waals surface area (Å²) in [5.74, 6) is -4.70. The van der Waals surface area contributed by atoms with Gasteiger partial charge in [0, 0.05) is 6.04 Å². The third-order valence-electron chi connectivity index (χ3n) is 4.69. The van der Waals surface area contributed by atoms with Crippen molar-refractivity contribution in [2.45, 2.75) is 38.6 Å². The van der Waals surface area contributed by atoms with Crippen molar-refractivity contribution < 1.29 is 27.7 Å². The first-order valence-electron chi connectivity index (χ1n) is 8.82. The Hall–Kier alpha value is -2.09. The summed E-state index contributed by atoms with van der Waals surface area (Å²) in [7, 11) is 1.66. The van der Waals surface area contributed by atoms with Gasteiger partial charge in [-0.15, -0.1) is 0 Å². The molecular weight excluding hydrogens is 347 g/mol. The van der Waals surface area contributed by atoms with Crippen LogP contribution in [0.4, 0.5) is 18.9 Å². The molecule has 0 bridgehead atoms. The van der Waals surface area contributed by atoms with Crippen LogP contribution in [0.25, 0.3) is 0 Å². The first-order valence-corrected chi connectivity index (χ1v) is 8.82. The Bertz CT molecular complexity index is 669. The number of carbonyl (C=O) groups excluding carboxylic acids is 2. The lowest BCUT2D eigenvalue weighted by atomic mass is 9.86. The van der Waals surface area contributed by atoms with Gasteiger partial charge in [-0.05, 0) is 30.9 Å². The van der Waals surface area contributed by atoms with Crippen LogP contribution in [0.1, 0.15) is 32.6 Å². The first-order chi connectivity index (χ1) is 12.3. The van der Waals surface area contributed by atoms with E-state index in [4.69, 9.17) is 0 Å². The second-order valence-electron chi connectivity index (χ2n) is 7.02. The Kier molecular flexibility index (Phi) is 7.02. The summed E-state index contributed by atoms with van der Waals surface area (Å²) in [5.41, 5.74) is -0.429. The van der Waals surface area contributed by atoms with Crippen molar-refractivity contribution in [3.8, 4) is 0 Å². The highest BCUT2D eigenvalue weighted by Gasteiger charge is 2.24. The zero-order valence-electron chi connectivity index (χ0n) is 15.0. The van der Waals surface area contributed by atoms with E-state index < -0.39 is 29.0 Å². The minimum absolute atomic E-state index is 0.0941. The van der Waals surface area contributed by atoms with Crippen LogP contribution in [0.15, 0.2) is 12.1 Å².